The van der Waals surface area contributed by atoms with Crippen molar-refractivity contribution >= 4 is 11.6 Å². The molecule has 18 heavy (non-hydrogen) atoms. The van der Waals surface area contributed by atoms with Gasteiger partial charge in [-0.25, -0.2) is 4.39 Å². The first-order valence-corrected chi connectivity index (χ1v) is 6.81. The largest absolute Gasteiger partial charge is 0.311 e. The standard InChI is InChI=1S/C14H20ClFN2/c1-10(18(2)14-3-4-14)8-17-9-11-5-12(15)7-13(16)6-11/h5-7,10,14,17H,3-4,8-9H2,1-2H3. The Kier molecular flexibility index (Phi) is 4.60. The minimum Gasteiger partial charge on any atom is -0.311 e. The van der Waals surface area contributed by atoms with Gasteiger partial charge in [0.05, 0.1) is 0 Å². The summed E-state index contributed by atoms with van der Waals surface area (Å²) in [6, 6.07) is 5.92. The summed E-state index contributed by atoms with van der Waals surface area (Å²) in [5.74, 6) is -0.276. The molecule has 100 valence electrons. The Balaban J connectivity index is 1.77. The van der Waals surface area contributed by atoms with Crippen LogP contribution in [0.2, 0.25) is 5.02 Å². The van der Waals surface area contributed by atoms with Crippen molar-refractivity contribution in [3.63, 3.8) is 0 Å². The minimum absolute atomic E-state index is 0.276. The van der Waals surface area contributed by atoms with E-state index in [2.05, 4.69) is 24.2 Å². The van der Waals surface area contributed by atoms with Crippen molar-refractivity contribution in [2.45, 2.75) is 38.4 Å². The summed E-state index contributed by atoms with van der Waals surface area (Å²) in [6.07, 6.45) is 2.64. The summed E-state index contributed by atoms with van der Waals surface area (Å²) >= 11 is 5.82. The van der Waals surface area contributed by atoms with Gasteiger partial charge in [0.2, 0.25) is 0 Å². The summed E-state index contributed by atoms with van der Waals surface area (Å²) in [7, 11) is 2.17. The van der Waals surface area contributed by atoms with E-state index in [-0.39, 0.29) is 5.82 Å². The van der Waals surface area contributed by atoms with Gasteiger partial charge in [0, 0.05) is 30.2 Å². The van der Waals surface area contributed by atoms with Crippen molar-refractivity contribution in [1.29, 1.82) is 0 Å². The van der Waals surface area contributed by atoms with Crippen molar-refractivity contribution < 1.29 is 4.39 Å². The van der Waals surface area contributed by atoms with E-state index < -0.39 is 0 Å². The van der Waals surface area contributed by atoms with Gasteiger partial charge < -0.3 is 5.32 Å². The molecule has 1 saturated carbocycles. The molecule has 1 aromatic carbocycles. The lowest BCUT2D eigenvalue weighted by Gasteiger charge is -2.24. The molecule has 1 N–H and O–H groups in total. The molecule has 0 aliphatic heterocycles. The van der Waals surface area contributed by atoms with Crippen LogP contribution in [-0.4, -0.2) is 30.6 Å². The van der Waals surface area contributed by atoms with Crippen molar-refractivity contribution in [2.75, 3.05) is 13.6 Å². The summed E-state index contributed by atoms with van der Waals surface area (Å²) in [5, 5.41) is 3.81. The molecule has 1 aliphatic carbocycles. The normalized spacial score (nSPS) is 17.2. The van der Waals surface area contributed by atoms with E-state index in [4.69, 9.17) is 11.6 Å². The lowest BCUT2D eigenvalue weighted by molar-refractivity contribution is 0.241. The van der Waals surface area contributed by atoms with E-state index in [1.54, 1.807) is 6.07 Å². The van der Waals surface area contributed by atoms with Crippen molar-refractivity contribution in [3.8, 4) is 0 Å². The van der Waals surface area contributed by atoms with Crippen LogP contribution in [0.15, 0.2) is 18.2 Å². The van der Waals surface area contributed by atoms with Gasteiger partial charge in [-0.2, -0.15) is 0 Å². The van der Waals surface area contributed by atoms with Gasteiger partial charge in [0.25, 0.3) is 0 Å². The Morgan fingerprint density at radius 2 is 2.17 bits per heavy atom. The third-order valence-corrected chi connectivity index (χ3v) is 3.73. The minimum atomic E-state index is -0.276. The zero-order chi connectivity index (χ0) is 13.1. The fraction of sp³-hybridized carbons (Fsp3) is 0.571. The highest BCUT2D eigenvalue weighted by atomic mass is 35.5. The monoisotopic (exact) mass is 270 g/mol. The molecule has 2 rings (SSSR count). The van der Waals surface area contributed by atoms with E-state index in [1.807, 2.05) is 0 Å². The molecule has 0 bridgehead atoms. The van der Waals surface area contributed by atoms with Gasteiger partial charge in [0.15, 0.2) is 0 Å². The Hall–Kier alpha value is -0.640. The fourth-order valence-corrected chi connectivity index (χ4v) is 2.37. The summed E-state index contributed by atoms with van der Waals surface area (Å²) in [5.41, 5.74) is 0.890. The molecule has 1 aromatic rings. The molecular weight excluding hydrogens is 251 g/mol. The first kappa shape index (κ1) is 13.8. The number of nitrogens with one attached hydrogen (secondary N) is 1. The number of benzene rings is 1. The van der Waals surface area contributed by atoms with E-state index in [0.717, 1.165) is 18.2 Å². The molecule has 0 amide bonds. The first-order valence-electron chi connectivity index (χ1n) is 6.44. The van der Waals surface area contributed by atoms with Crippen molar-refractivity contribution in [3.05, 3.63) is 34.6 Å². The van der Waals surface area contributed by atoms with Gasteiger partial charge in [-0.3, -0.25) is 4.90 Å². The smallest absolute Gasteiger partial charge is 0.125 e. The predicted octanol–water partition coefficient (Wildman–Crippen LogP) is 3.05. The van der Waals surface area contributed by atoms with Gasteiger partial charge >= 0.3 is 0 Å². The Labute approximate surface area is 113 Å². The predicted molar refractivity (Wildman–Crippen MR) is 73.4 cm³/mol. The summed E-state index contributed by atoms with van der Waals surface area (Å²) in [6.45, 7) is 3.77. The van der Waals surface area contributed by atoms with Gasteiger partial charge in [-0.05, 0) is 50.6 Å². The second-order valence-electron chi connectivity index (χ2n) is 5.15. The fourth-order valence-electron chi connectivity index (χ4n) is 2.12. The molecule has 1 atom stereocenters. The quantitative estimate of drug-likeness (QED) is 0.855. The maximum atomic E-state index is 13.1. The molecule has 0 aromatic heterocycles. The van der Waals surface area contributed by atoms with E-state index in [9.17, 15) is 4.39 Å². The lowest BCUT2D eigenvalue weighted by Crippen LogP contribution is -2.38. The maximum Gasteiger partial charge on any atom is 0.125 e. The van der Waals surface area contributed by atoms with Crippen LogP contribution in [0.3, 0.4) is 0 Å². The number of nitrogens with zero attached hydrogens (tertiary/aromatic N) is 1. The number of likely N-dealkylation sites (N-methyl/N-ethyl adjacent to an activating group) is 1. The van der Waals surface area contributed by atoms with E-state index in [1.165, 1.54) is 25.0 Å². The molecule has 2 nitrogen and oxygen atoms in total. The van der Waals surface area contributed by atoms with Crippen LogP contribution in [-0.2, 0) is 6.54 Å². The van der Waals surface area contributed by atoms with Crippen LogP contribution in [0.1, 0.15) is 25.3 Å². The second-order valence-corrected chi connectivity index (χ2v) is 5.59. The van der Waals surface area contributed by atoms with Gasteiger partial charge in [0.1, 0.15) is 5.82 Å². The van der Waals surface area contributed by atoms with Crippen LogP contribution in [0.4, 0.5) is 4.39 Å². The first-order chi connectivity index (χ1) is 8.56. The average Bonchev–Trinajstić information content (AvgIpc) is 3.10. The lowest BCUT2D eigenvalue weighted by atomic mass is 10.2. The molecule has 0 heterocycles. The molecule has 0 saturated heterocycles. The third kappa shape index (κ3) is 3.94. The molecular formula is C14H20ClFN2. The highest BCUT2D eigenvalue weighted by Gasteiger charge is 2.28. The highest BCUT2D eigenvalue weighted by molar-refractivity contribution is 6.30. The summed E-state index contributed by atoms with van der Waals surface area (Å²) in [4.78, 5) is 2.41. The molecule has 1 fully saturated rings. The maximum absolute atomic E-state index is 13.1. The van der Waals surface area contributed by atoms with Gasteiger partial charge in [-0.1, -0.05) is 11.6 Å². The molecule has 1 unspecified atom stereocenters. The number of halogens is 2. The van der Waals surface area contributed by atoms with Crippen molar-refractivity contribution in [2.24, 2.45) is 0 Å². The van der Waals surface area contributed by atoms with E-state index in [0.29, 0.717) is 17.6 Å². The molecule has 1 aliphatic rings. The Morgan fingerprint density at radius 3 is 2.78 bits per heavy atom. The molecule has 4 heteroatoms. The zero-order valence-corrected chi connectivity index (χ0v) is 11.7. The second kappa shape index (κ2) is 6.00. The van der Waals surface area contributed by atoms with Crippen LogP contribution >= 0.6 is 11.6 Å². The third-order valence-electron chi connectivity index (χ3n) is 3.51. The van der Waals surface area contributed by atoms with Crippen LogP contribution in [0.5, 0.6) is 0 Å². The van der Waals surface area contributed by atoms with E-state index >= 15 is 0 Å². The molecule has 0 radical (unpaired) electrons. The average molecular weight is 271 g/mol. The van der Waals surface area contributed by atoms with Crippen molar-refractivity contribution in [1.82, 2.24) is 10.2 Å². The number of hydrogen-bond donors (Lipinski definition) is 1. The number of rotatable bonds is 6. The Bertz CT molecular complexity index is 387. The van der Waals surface area contributed by atoms with Crippen LogP contribution in [0.25, 0.3) is 0 Å². The van der Waals surface area contributed by atoms with Crippen LogP contribution in [0, 0.1) is 5.82 Å². The zero-order valence-electron chi connectivity index (χ0n) is 10.9. The topological polar surface area (TPSA) is 15.3 Å². The highest BCUT2D eigenvalue weighted by Crippen LogP contribution is 2.26. The number of hydrogen-bond acceptors (Lipinski definition) is 2. The van der Waals surface area contributed by atoms with Crippen LogP contribution < -0.4 is 5.32 Å². The Morgan fingerprint density at radius 1 is 1.44 bits per heavy atom. The molecule has 0 spiro atoms. The SMILES string of the molecule is CC(CNCc1cc(F)cc(Cl)c1)N(C)C1CC1. The summed E-state index contributed by atoms with van der Waals surface area (Å²) < 4.78 is 13.1. The van der Waals surface area contributed by atoms with Gasteiger partial charge in [-0.15, -0.1) is 0 Å².